The van der Waals surface area contributed by atoms with Crippen molar-refractivity contribution in [3.8, 4) is 5.75 Å². The second-order valence-corrected chi connectivity index (χ2v) is 4.08. The molecular formula is C12H14N2O3. The number of aliphatic imine (C=N–C) groups is 1. The van der Waals surface area contributed by atoms with Crippen LogP contribution < -0.4 is 10.5 Å². The molecule has 2 N–H and O–H groups in total. The molecule has 90 valence electrons. The highest BCUT2D eigenvalue weighted by Crippen LogP contribution is 2.28. The number of hydrogen-bond donors (Lipinski definition) is 1. The van der Waals surface area contributed by atoms with E-state index in [2.05, 4.69) is 4.99 Å². The van der Waals surface area contributed by atoms with Gasteiger partial charge >= 0.3 is 0 Å². The average Bonchev–Trinajstić information content (AvgIpc) is 2.53. The Bertz CT molecular complexity index is 484. The first-order chi connectivity index (χ1) is 8.05. The molecular weight excluding hydrogens is 220 g/mol. The van der Waals surface area contributed by atoms with E-state index in [0.717, 1.165) is 11.3 Å². The summed E-state index contributed by atoms with van der Waals surface area (Å²) in [6.07, 6.45) is 0.375. The average molecular weight is 234 g/mol. The van der Waals surface area contributed by atoms with Gasteiger partial charge in [0.1, 0.15) is 5.75 Å². The first-order valence-electron chi connectivity index (χ1n) is 5.25. The Balaban J connectivity index is 2.24. The minimum absolute atomic E-state index is 0.0765. The molecule has 0 aliphatic carbocycles. The Labute approximate surface area is 99.2 Å². The molecule has 1 unspecified atom stereocenters. The third kappa shape index (κ3) is 2.08. The Morgan fingerprint density at radius 1 is 1.47 bits per heavy atom. The second kappa shape index (κ2) is 4.08. The summed E-state index contributed by atoms with van der Waals surface area (Å²) in [5.74, 6) is 0.358. The number of methoxy groups -OCH3 is 1. The number of nitrogens with zero attached hydrogens (tertiary/aromatic N) is 1. The standard InChI is InChI=1S/C12H14N2O3/c1-12(10(15)14-11(13)17-12)7-8-5-3-4-6-9(8)16-2/h3-6H,7H2,1-2H3,(H2,13,14,15). The summed E-state index contributed by atoms with van der Waals surface area (Å²) in [4.78, 5) is 15.3. The van der Waals surface area contributed by atoms with Gasteiger partial charge in [-0.15, -0.1) is 0 Å². The molecule has 2 rings (SSSR count). The number of carbonyl (C=O) groups is 1. The SMILES string of the molecule is COc1ccccc1CC1(C)OC(N)=NC1=O. The van der Waals surface area contributed by atoms with Crippen LogP contribution in [-0.4, -0.2) is 24.6 Å². The Morgan fingerprint density at radius 3 is 2.76 bits per heavy atom. The number of para-hydroxylation sites is 1. The van der Waals surface area contributed by atoms with Gasteiger partial charge in [-0.25, -0.2) is 0 Å². The number of nitrogens with two attached hydrogens (primary N) is 1. The van der Waals surface area contributed by atoms with Crippen LogP contribution in [-0.2, 0) is 16.0 Å². The molecule has 0 aromatic heterocycles. The maximum atomic E-state index is 11.7. The van der Waals surface area contributed by atoms with E-state index in [1.54, 1.807) is 14.0 Å². The van der Waals surface area contributed by atoms with E-state index in [-0.39, 0.29) is 11.9 Å². The predicted molar refractivity (Wildman–Crippen MR) is 62.8 cm³/mol. The van der Waals surface area contributed by atoms with E-state index in [0.29, 0.717) is 6.42 Å². The molecule has 17 heavy (non-hydrogen) atoms. The summed E-state index contributed by atoms with van der Waals surface area (Å²) >= 11 is 0. The molecule has 1 aromatic carbocycles. The van der Waals surface area contributed by atoms with Crippen LogP contribution in [0.5, 0.6) is 5.75 Å². The van der Waals surface area contributed by atoms with Crippen molar-refractivity contribution in [1.29, 1.82) is 0 Å². The molecule has 0 saturated heterocycles. The van der Waals surface area contributed by atoms with Crippen molar-refractivity contribution in [3.05, 3.63) is 29.8 Å². The molecule has 1 atom stereocenters. The van der Waals surface area contributed by atoms with Gasteiger partial charge in [0, 0.05) is 6.42 Å². The maximum Gasteiger partial charge on any atom is 0.294 e. The Morgan fingerprint density at radius 2 is 2.18 bits per heavy atom. The molecule has 1 amide bonds. The fourth-order valence-corrected chi connectivity index (χ4v) is 1.84. The van der Waals surface area contributed by atoms with Crippen LogP contribution >= 0.6 is 0 Å². The summed E-state index contributed by atoms with van der Waals surface area (Å²) in [5, 5.41) is 0. The van der Waals surface area contributed by atoms with Gasteiger partial charge in [0.05, 0.1) is 7.11 Å². The fourth-order valence-electron chi connectivity index (χ4n) is 1.84. The van der Waals surface area contributed by atoms with E-state index in [1.165, 1.54) is 0 Å². The van der Waals surface area contributed by atoms with Crippen LogP contribution in [0, 0.1) is 0 Å². The molecule has 1 aromatic rings. The Hall–Kier alpha value is -2.04. The summed E-state index contributed by atoms with van der Waals surface area (Å²) in [6, 6.07) is 7.39. The normalized spacial score (nSPS) is 23.2. The van der Waals surface area contributed by atoms with Crippen molar-refractivity contribution in [1.82, 2.24) is 0 Å². The van der Waals surface area contributed by atoms with Crippen LogP contribution in [0.2, 0.25) is 0 Å². The second-order valence-electron chi connectivity index (χ2n) is 4.08. The summed E-state index contributed by atoms with van der Waals surface area (Å²) in [7, 11) is 1.59. The maximum absolute atomic E-state index is 11.7. The number of rotatable bonds is 3. The van der Waals surface area contributed by atoms with Gasteiger partial charge in [-0.05, 0) is 18.6 Å². The third-order valence-corrected chi connectivity index (χ3v) is 2.71. The van der Waals surface area contributed by atoms with Crippen molar-refractivity contribution in [2.75, 3.05) is 7.11 Å². The molecule has 5 nitrogen and oxygen atoms in total. The monoisotopic (exact) mass is 234 g/mol. The van der Waals surface area contributed by atoms with E-state index < -0.39 is 5.60 Å². The Kier molecular flexibility index (Phi) is 2.75. The molecule has 0 radical (unpaired) electrons. The number of benzene rings is 1. The topological polar surface area (TPSA) is 73.9 Å². The highest BCUT2D eigenvalue weighted by atomic mass is 16.5. The highest BCUT2D eigenvalue weighted by Gasteiger charge is 2.42. The van der Waals surface area contributed by atoms with Crippen molar-refractivity contribution in [2.24, 2.45) is 10.7 Å². The van der Waals surface area contributed by atoms with Crippen LogP contribution in [0.1, 0.15) is 12.5 Å². The largest absolute Gasteiger partial charge is 0.496 e. The van der Waals surface area contributed by atoms with Crippen LogP contribution in [0.25, 0.3) is 0 Å². The number of hydrogen-bond acceptors (Lipinski definition) is 4. The summed E-state index contributed by atoms with van der Waals surface area (Å²) in [5.41, 5.74) is 5.26. The smallest absolute Gasteiger partial charge is 0.294 e. The number of amidine groups is 1. The lowest BCUT2D eigenvalue weighted by Crippen LogP contribution is -2.37. The van der Waals surface area contributed by atoms with Crippen LogP contribution in [0.4, 0.5) is 0 Å². The van der Waals surface area contributed by atoms with Gasteiger partial charge < -0.3 is 15.2 Å². The van der Waals surface area contributed by atoms with E-state index in [1.807, 2.05) is 24.3 Å². The quantitative estimate of drug-likeness (QED) is 0.842. The van der Waals surface area contributed by atoms with Gasteiger partial charge in [0.15, 0.2) is 5.60 Å². The van der Waals surface area contributed by atoms with Crippen molar-refractivity contribution in [3.63, 3.8) is 0 Å². The molecule has 0 saturated carbocycles. The molecule has 5 heteroatoms. The lowest BCUT2D eigenvalue weighted by Gasteiger charge is -2.21. The molecule has 0 fully saturated rings. The van der Waals surface area contributed by atoms with Crippen LogP contribution in [0.15, 0.2) is 29.3 Å². The minimum atomic E-state index is -1.03. The van der Waals surface area contributed by atoms with Crippen LogP contribution in [0.3, 0.4) is 0 Å². The summed E-state index contributed by atoms with van der Waals surface area (Å²) in [6.45, 7) is 1.67. The highest BCUT2D eigenvalue weighted by molar-refractivity contribution is 6.00. The summed E-state index contributed by atoms with van der Waals surface area (Å²) < 4.78 is 10.5. The van der Waals surface area contributed by atoms with Gasteiger partial charge in [-0.2, -0.15) is 4.99 Å². The van der Waals surface area contributed by atoms with Gasteiger partial charge in [-0.3, -0.25) is 4.79 Å². The van der Waals surface area contributed by atoms with E-state index >= 15 is 0 Å². The molecule has 0 spiro atoms. The minimum Gasteiger partial charge on any atom is -0.496 e. The lowest BCUT2D eigenvalue weighted by atomic mass is 9.95. The van der Waals surface area contributed by atoms with E-state index in [4.69, 9.17) is 15.2 Å². The van der Waals surface area contributed by atoms with Crippen molar-refractivity contribution in [2.45, 2.75) is 18.9 Å². The predicted octanol–water partition coefficient (Wildman–Crippen LogP) is 0.868. The van der Waals surface area contributed by atoms with Gasteiger partial charge in [0.25, 0.3) is 11.9 Å². The molecule has 0 bridgehead atoms. The van der Waals surface area contributed by atoms with Gasteiger partial charge in [-0.1, -0.05) is 18.2 Å². The number of ether oxygens (including phenoxy) is 2. The zero-order valence-electron chi connectivity index (χ0n) is 9.77. The third-order valence-electron chi connectivity index (χ3n) is 2.71. The van der Waals surface area contributed by atoms with Crippen molar-refractivity contribution >= 4 is 11.9 Å². The zero-order chi connectivity index (χ0) is 12.5. The zero-order valence-corrected chi connectivity index (χ0v) is 9.77. The van der Waals surface area contributed by atoms with E-state index in [9.17, 15) is 4.79 Å². The number of amides is 1. The molecule has 1 aliphatic heterocycles. The lowest BCUT2D eigenvalue weighted by molar-refractivity contribution is -0.129. The molecule has 1 heterocycles. The molecule has 1 aliphatic rings. The van der Waals surface area contributed by atoms with Crippen molar-refractivity contribution < 1.29 is 14.3 Å². The first-order valence-corrected chi connectivity index (χ1v) is 5.25. The first kappa shape index (κ1) is 11.4. The van der Waals surface area contributed by atoms with Gasteiger partial charge in [0.2, 0.25) is 0 Å². The fraction of sp³-hybridized carbons (Fsp3) is 0.333. The number of carbonyl (C=O) groups excluding carboxylic acids is 1.